The van der Waals surface area contributed by atoms with Gasteiger partial charge in [-0.1, -0.05) is 72.8 Å². The normalized spacial score (nSPS) is 27.9. The standard InChI is InChI=1S/C37H43FN6O6/c1-36(2,3)50-35(49)39-28-19-18-26(38)17-11-10-16-25-21-37(25,34(47)48)40-32(45)29-20-27(22-43(29)33(28)46)44-41-30(23-12-6-4-7-13-23)31(42-44)24-14-8-5-9-15-24/h4-10,12-16,25-29H,11,17-22H2,1-3H3,(H,39,49)(H,40,45)(H,47,48)/b16-10-/t25?,26?,27-,28+,29+,37?/m1/s1. The Kier molecular flexibility index (Phi) is 9.77. The molecule has 0 spiro atoms. The molecule has 6 atom stereocenters. The van der Waals surface area contributed by atoms with Crippen molar-refractivity contribution in [2.45, 2.75) is 94.7 Å². The van der Waals surface area contributed by atoms with Crippen molar-refractivity contribution < 1.29 is 33.4 Å². The molecule has 13 heteroatoms. The molecule has 1 aromatic heterocycles. The Morgan fingerprint density at radius 1 is 0.980 bits per heavy atom. The molecule has 1 saturated carbocycles. The van der Waals surface area contributed by atoms with Crippen LogP contribution < -0.4 is 10.6 Å². The van der Waals surface area contributed by atoms with Crippen LogP contribution in [-0.4, -0.2) is 84.8 Å². The highest BCUT2D eigenvalue weighted by Gasteiger charge is 2.61. The summed E-state index contributed by atoms with van der Waals surface area (Å²) in [7, 11) is 0. The molecule has 3 aliphatic rings. The summed E-state index contributed by atoms with van der Waals surface area (Å²) in [6, 6.07) is 16.2. The lowest BCUT2D eigenvalue weighted by molar-refractivity contribution is -0.145. The Labute approximate surface area is 290 Å². The first-order chi connectivity index (χ1) is 23.8. The predicted molar refractivity (Wildman–Crippen MR) is 182 cm³/mol. The van der Waals surface area contributed by atoms with E-state index in [9.17, 15) is 24.3 Å². The highest BCUT2D eigenvalue weighted by atomic mass is 19.1. The van der Waals surface area contributed by atoms with Crippen LogP contribution in [0.4, 0.5) is 9.18 Å². The van der Waals surface area contributed by atoms with Gasteiger partial charge in [-0.15, -0.1) is 0 Å². The molecule has 12 nitrogen and oxygen atoms in total. The molecule has 3 heterocycles. The summed E-state index contributed by atoms with van der Waals surface area (Å²) >= 11 is 0. The summed E-state index contributed by atoms with van der Waals surface area (Å²) in [5.74, 6) is -2.88. The minimum Gasteiger partial charge on any atom is -0.479 e. The Morgan fingerprint density at radius 2 is 1.60 bits per heavy atom. The topological polar surface area (TPSA) is 156 Å². The molecule has 1 aliphatic carbocycles. The maximum atomic E-state index is 15.1. The van der Waals surface area contributed by atoms with Gasteiger partial charge in [-0.25, -0.2) is 14.0 Å². The summed E-state index contributed by atoms with van der Waals surface area (Å²) in [6.45, 7) is 5.06. The van der Waals surface area contributed by atoms with E-state index in [1.54, 1.807) is 32.9 Å². The van der Waals surface area contributed by atoms with Crippen LogP contribution in [0.15, 0.2) is 72.8 Å². The van der Waals surface area contributed by atoms with Crippen LogP contribution >= 0.6 is 0 Å². The summed E-state index contributed by atoms with van der Waals surface area (Å²) in [5.41, 5.74) is 0.513. The highest BCUT2D eigenvalue weighted by molar-refractivity contribution is 5.96. The van der Waals surface area contributed by atoms with E-state index >= 15 is 4.39 Å². The Balaban J connectivity index is 1.37. The van der Waals surface area contributed by atoms with E-state index in [1.165, 1.54) is 9.70 Å². The molecule has 3 aromatic rings. The lowest BCUT2D eigenvalue weighted by Crippen LogP contribution is -2.56. The number of carboxylic acid groups (broad SMARTS) is 1. The van der Waals surface area contributed by atoms with Crippen molar-refractivity contribution in [1.82, 2.24) is 30.5 Å². The molecule has 0 radical (unpaired) electrons. The largest absolute Gasteiger partial charge is 0.479 e. The fourth-order valence-corrected chi connectivity index (χ4v) is 6.74. The molecule has 1 saturated heterocycles. The monoisotopic (exact) mass is 686 g/mol. The number of carbonyl (C=O) groups excluding carboxylic acids is 3. The SMILES string of the molecule is CC(C)(C)OC(=O)N[C@H]1CCC(F)CC/C=C\C2CC2(C(=O)O)NC(=O)[C@@H]2C[C@@H](n3nc(-c4ccccc4)c(-c4ccccc4)n3)CN2C1=O. The molecule has 2 aliphatic heterocycles. The zero-order valence-corrected chi connectivity index (χ0v) is 28.4. The van der Waals surface area contributed by atoms with Crippen LogP contribution in [-0.2, 0) is 19.1 Å². The lowest BCUT2D eigenvalue weighted by atomic mass is 10.0. The fraction of sp³-hybridized carbons (Fsp3) is 0.459. The molecule has 3 N–H and O–H groups in total. The van der Waals surface area contributed by atoms with Gasteiger partial charge >= 0.3 is 12.1 Å². The number of carbonyl (C=O) groups is 4. The van der Waals surface area contributed by atoms with Gasteiger partial charge in [0.15, 0.2) is 0 Å². The van der Waals surface area contributed by atoms with Gasteiger partial charge in [0.05, 0.1) is 6.04 Å². The van der Waals surface area contributed by atoms with E-state index in [2.05, 4.69) is 10.6 Å². The van der Waals surface area contributed by atoms with E-state index in [1.807, 2.05) is 60.7 Å². The zero-order chi connectivity index (χ0) is 35.6. The minimum atomic E-state index is -1.53. The Bertz CT molecular complexity index is 1700. The number of alkyl halides is 1. The maximum absolute atomic E-state index is 15.1. The summed E-state index contributed by atoms with van der Waals surface area (Å²) in [6.07, 6.45) is 2.08. The second kappa shape index (κ2) is 14.0. The van der Waals surface area contributed by atoms with E-state index in [-0.39, 0.29) is 38.6 Å². The number of fused-ring (bicyclic) bond motifs is 2. The van der Waals surface area contributed by atoms with Crippen LogP contribution in [0.1, 0.15) is 65.3 Å². The van der Waals surface area contributed by atoms with Gasteiger partial charge in [0, 0.05) is 30.0 Å². The number of nitrogens with zero attached hydrogens (tertiary/aromatic N) is 4. The fourth-order valence-electron chi connectivity index (χ4n) is 6.74. The van der Waals surface area contributed by atoms with Crippen molar-refractivity contribution in [2.75, 3.05) is 6.54 Å². The van der Waals surface area contributed by atoms with Crippen LogP contribution in [0.3, 0.4) is 0 Å². The van der Waals surface area contributed by atoms with E-state index in [4.69, 9.17) is 14.9 Å². The molecule has 2 aromatic carbocycles. The number of allylic oxidation sites excluding steroid dienone is 1. The van der Waals surface area contributed by atoms with Crippen LogP contribution in [0.2, 0.25) is 0 Å². The van der Waals surface area contributed by atoms with Gasteiger partial charge in [0.2, 0.25) is 11.8 Å². The number of alkyl carbamates (subject to hydrolysis) is 1. The van der Waals surface area contributed by atoms with Gasteiger partial charge in [-0.2, -0.15) is 15.0 Å². The third-order valence-electron chi connectivity index (χ3n) is 9.43. The number of ether oxygens (including phenoxy) is 1. The first-order valence-electron chi connectivity index (χ1n) is 17.1. The molecule has 264 valence electrons. The van der Waals surface area contributed by atoms with Crippen LogP contribution in [0, 0.1) is 5.92 Å². The van der Waals surface area contributed by atoms with Crippen molar-refractivity contribution in [3.05, 3.63) is 72.8 Å². The Morgan fingerprint density at radius 3 is 2.18 bits per heavy atom. The minimum absolute atomic E-state index is 0.0109. The number of amides is 3. The average molecular weight is 687 g/mol. The van der Waals surface area contributed by atoms with E-state index in [0.29, 0.717) is 17.8 Å². The van der Waals surface area contributed by atoms with E-state index < -0.39 is 65.2 Å². The number of hydrogen-bond acceptors (Lipinski definition) is 7. The number of halogens is 1. The zero-order valence-electron chi connectivity index (χ0n) is 28.4. The van der Waals surface area contributed by atoms with Crippen molar-refractivity contribution in [2.24, 2.45) is 5.92 Å². The summed E-state index contributed by atoms with van der Waals surface area (Å²) in [5, 5.41) is 25.3. The highest BCUT2D eigenvalue weighted by Crippen LogP contribution is 2.45. The van der Waals surface area contributed by atoms with Gasteiger partial charge in [0.25, 0.3) is 0 Å². The van der Waals surface area contributed by atoms with Gasteiger partial charge in [0.1, 0.15) is 40.8 Å². The third-order valence-corrected chi connectivity index (χ3v) is 9.43. The van der Waals surface area contributed by atoms with Gasteiger partial charge < -0.3 is 25.4 Å². The predicted octanol–water partition coefficient (Wildman–Crippen LogP) is 5.08. The number of benzene rings is 2. The molecule has 3 unspecified atom stereocenters. The van der Waals surface area contributed by atoms with Gasteiger partial charge in [-0.05, 0) is 52.9 Å². The number of aliphatic carboxylic acids is 1. The van der Waals surface area contributed by atoms with Crippen molar-refractivity contribution in [3.63, 3.8) is 0 Å². The molecule has 2 fully saturated rings. The van der Waals surface area contributed by atoms with Crippen LogP contribution in [0.5, 0.6) is 0 Å². The number of nitrogens with one attached hydrogen (secondary N) is 2. The second-order valence-corrected chi connectivity index (χ2v) is 14.3. The molecule has 50 heavy (non-hydrogen) atoms. The lowest BCUT2D eigenvalue weighted by Gasteiger charge is -2.30. The number of carboxylic acids is 1. The number of hydrogen-bond donors (Lipinski definition) is 3. The quantitative estimate of drug-likeness (QED) is 0.314. The molecule has 3 amide bonds. The van der Waals surface area contributed by atoms with Crippen molar-refractivity contribution in [1.29, 1.82) is 0 Å². The smallest absolute Gasteiger partial charge is 0.408 e. The molecule has 6 rings (SSSR count). The first kappa shape index (κ1) is 34.8. The molecular formula is C37H43FN6O6. The summed E-state index contributed by atoms with van der Waals surface area (Å²) in [4.78, 5) is 56.7. The summed E-state index contributed by atoms with van der Waals surface area (Å²) < 4.78 is 20.5. The Hall–Kier alpha value is -5.07. The maximum Gasteiger partial charge on any atom is 0.408 e. The van der Waals surface area contributed by atoms with Crippen LogP contribution in [0.25, 0.3) is 22.5 Å². The van der Waals surface area contributed by atoms with Gasteiger partial charge in [-0.3, -0.25) is 9.59 Å². The molecule has 0 bridgehead atoms. The van der Waals surface area contributed by atoms with Crippen molar-refractivity contribution in [3.8, 4) is 22.5 Å². The average Bonchev–Trinajstić information content (AvgIpc) is 3.39. The van der Waals surface area contributed by atoms with Crippen molar-refractivity contribution >= 4 is 23.9 Å². The number of aromatic nitrogens is 3. The number of rotatable bonds is 5. The molecular weight excluding hydrogens is 643 g/mol. The third kappa shape index (κ3) is 7.56. The first-order valence-corrected chi connectivity index (χ1v) is 17.1. The van der Waals surface area contributed by atoms with E-state index in [0.717, 1.165) is 11.1 Å². The second-order valence-electron chi connectivity index (χ2n) is 14.3.